The van der Waals surface area contributed by atoms with E-state index in [0.717, 1.165) is 24.1 Å². The summed E-state index contributed by atoms with van der Waals surface area (Å²) in [6, 6.07) is 5.72. The summed E-state index contributed by atoms with van der Waals surface area (Å²) in [5, 5.41) is 12.8. The number of anilines is 1. The molecule has 3 nitrogen and oxygen atoms in total. The lowest BCUT2D eigenvalue weighted by molar-refractivity contribution is -0.144. The molecule has 1 aromatic rings. The van der Waals surface area contributed by atoms with E-state index >= 15 is 0 Å². The van der Waals surface area contributed by atoms with Crippen molar-refractivity contribution in [2.45, 2.75) is 25.8 Å². The molecule has 0 bridgehead atoms. The number of hydrogen-bond donors (Lipinski definition) is 2. The Morgan fingerprint density at radius 1 is 1.50 bits per heavy atom. The van der Waals surface area contributed by atoms with Crippen molar-refractivity contribution in [1.82, 2.24) is 0 Å². The Morgan fingerprint density at radius 3 is 2.81 bits per heavy atom. The number of benzene rings is 1. The SMILES string of the molecule is Cc1ccc(Cl)c(NC2CCC2C(=O)O)c1. The van der Waals surface area contributed by atoms with Crippen LogP contribution in [0.3, 0.4) is 0 Å². The Kier molecular flexibility index (Phi) is 3.06. The standard InChI is InChI=1S/C12H14ClNO2/c1-7-2-4-9(13)11(6-7)14-10-5-3-8(10)12(15)16/h2,4,6,8,10,14H,3,5H2,1H3,(H,15,16). The third kappa shape index (κ3) is 2.14. The maximum atomic E-state index is 10.9. The molecule has 2 atom stereocenters. The first-order chi connectivity index (χ1) is 7.58. The Balaban J connectivity index is 2.09. The number of aliphatic carboxylic acids is 1. The molecule has 0 spiro atoms. The van der Waals surface area contributed by atoms with Crippen molar-refractivity contribution in [2.24, 2.45) is 5.92 Å². The zero-order chi connectivity index (χ0) is 11.7. The zero-order valence-corrected chi connectivity index (χ0v) is 9.79. The van der Waals surface area contributed by atoms with Crippen LogP contribution in [0.4, 0.5) is 5.69 Å². The molecule has 0 radical (unpaired) electrons. The molecule has 2 rings (SSSR count). The highest BCUT2D eigenvalue weighted by atomic mass is 35.5. The van der Waals surface area contributed by atoms with Crippen LogP contribution in [0.5, 0.6) is 0 Å². The molecule has 1 aliphatic rings. The van der Waals surface area contributed by atoms with Crippen molar-refractivity contribution in [3.63, 3.8) is 0 Å². The summed E-state index contributed by atoms with van der Waals surface area (Å²) >= 11 is 6.04. The Labute approximate surface area is 99.4 Å². The summed E-state index contributed by atoms with van der Waals surface area (Å²) in [5.74, 6) is -1.01. The second-order valence-electron chi connectivity index (χ2n) is 4.26. The van der Waals surface area contributed by atoms with Gasteiger partial charge in [0.1, 0.15) is 0 Å². The van der Waals surface area contributed by atoms with Crippen LogP contribution in [0, 0.1) is 12.8 Å². The van der Waals surface area contributed by atoms with E-state index in [1.807, 2.05) is 25.1 Å². The second-order valence-corrected chi connectivity index (χ2v) is 4.66. The van der Waals surface area contributed by atoms with E-state index in [1.165, 1.54) is 0 Å². The number of hydrogen-bond acceptors (Lipinski definition) is 2. The fourth-order valence-corrected chi connectivity index (χ4v) is 2.09. The van der Waals surface area contributed by atoms with Crippen LogP contribution < -0.4 is 5.32 Å². The van der Waals surface area contributed by atoms with Crippen LogP contribution in [0.2, 0.25) is 5.02 Å². The highest BCUT2D eigenvalue weighted by molar-refractivity contribution is 6.33. The van der Waals surface area contributed by atoms with Crippen LogP contribution in [-0.2, 0) is 4.79 Å². The van der Waals surface area contributed by atoms with E-state index in [0.29, 0.717) is 5.02 Å². The fourth-order valence-electron chi connectivity index (χ4n) is 1.92. The first-order valence-electron chi connectivity index (χ1n) is 5.33. The summed E-state index contributed by atoms with van der Waals surface area (Å²) in [6.45, 7) is 1.98. The molecule has 1 fully saturated rings. The number of aryl methyl sites for hydroxylation is 1. The smallest absolute Gasteiger partial charge is 0.308 e. The van der Waals surface area contributed by atoms with E-state index in [9.17, 15) is 4.79 Å². The van der Waals surface area contributed by atoms with Gasteiger partial charge in [-0.05, 0) is 37.5 Å². The quantitative estimate of drug-likeness (QED) is 0.853. The largest absolute Gasteiger partial charge is 0.481 e. The molecule has 0 aromatic heterocycles. The van der Waals surface area contributed by atoms with E-state index in [-0.39, 0.29) is 12.0 Å². The highest BCUT2D eigenvalue weighted by Gasteiger charge is 2.36. The molecule has 2 N–H and O–H groups in total. The van der Waals surface area contributed by atoms with Crippen molar-refractivity contribution in [3.05, 3.63) is 28.8 Å². The van der Waals surface area contributed by atoms with Crippen LogP contribution in [0.15, 0.2) is 18.2 Å². The Bertz CT molecular complexity index is 419. The fraction of sp³-hybridized carbons (Fsp3) is 0.417. The van der Waals surface area contributed by atoms with Gasteiger partial charge in [-0.25, -0.2) is 0 Å². The molecule has 86 valence electrons. The Morgan fingerprint density at radius 2 is 2.25 bits per heavy atom. The number of nitrogens with one attached hydrogen (secondary N) is 1. The average Bonchev–Trinajstić information content (AvgIpc) is 2.16. The molecule has 1 aliphatic carbocycles. The first kappa shape index (κ1) is 11.3. The number of rotatable bonds is 3. The highest BCUT2D eigenvalue weighted by Crippen LogP contribution is 2.33. The topological polar surface area (TPSA) is 49.3 Å². The van der Waals surface area contributed by atoms with Crippen molar-refractivity contribution in [3.8, 4) is 0 Å². The van der Waals surface area contributed by atoms with Gasteiger partial charge in [0.25, 0.3) is 0 Å². The van der Waals surface area contributed by atoms with Crippen molar-refractivity contribution in [2.75, 3.05) is 5.32 Å². The average molecular weight is 240 g/mol. The predicted octanol–water partition coefficient (Wildman–Crippen LogP) is 2.92. The van der Waals surface area contributed by atoms with Crippen LogP contribution in [0.25, 0.3) is 0 Å². The molecular weight excluding hydrogens is 226 g/mol. The lowest BCUT2D eigenvalue weighted by atomic mass is 9.79. The molecule has 0 saturated heterocycles. The molecular formula is C12H14ClNO2. The third-order valence-corrected chi connectivity index (χ3v) is 3.38. The Hall–Kier alpha value is -1.22. The number of halogens is 1. The monoisotopic (exact) mass is 239 g/mol. The molecule has 0 amide bonds. The predicted molar refractivity (Wildman–Crippen MR) is 64.0 cm³/mol. The van der Waals surface area contributed by atoms with Gasteiger partial charge in [-0.1, -0.05) is 17.7 Å². The minimum atomic E-state index is -0.729. The van der Waals surface area contributed by atoms with E-state index < -0.39 is 5.97 Å². The van der Waals surface area contributed by atoms with Crippen molar-refractivity contribution < 1.29 is 9.90 Å². The van der Waals surface area contributed by atoms with Gasteiger partial charge < -0.3 is 10.4 Å². The van der Waals surface area contributed by atoms with Gasteiger partial charge in [-0.15, -0.1) is 0 Å². The van der Waals surface area contributed by atoms with Gasteiger partial charge >= 0.3 is 5.97 Å². The third-order valence-electron chi connectivity index (χ3n) is 3.05. The molecule has 16 heavy (non-hydrogen) atoms. The van der Waals surface area contributed by atoms with E-state index in [2.05, 4.69) is 5.32 Å². The minimum absolute atomic E-state index is 0.0109. The number of carbonyl (C=O) groups is 1. The van der Waals surface area contributed by atoms with E-state index in [4.69, 9.17) is 16.7 Å². The van der Waals surface area contributed by atoms with Gasteiger partial charge in [0.05, 0.1) is 16.6 Å². The van der Waals surface area contributed by atoms with Gasteiger partial charge in [0.2, 0.25) is 0 Å². The summed E-state index contributed by atoms with van der Waals surface area (Å²) in [6.07, 6.45) is 1.64. The zero-order valence-electron chi connectivity index (χ0n) is 9.03. The van der Waals surface area contributed by atoms with Gasteiger partial charge in [-0.3, -0.25) is 4.79 Å². The van der Waals surface area contributed by atoms with Crippen molar-refractivity contribution >= 4 is 23.3 Å². The molecule has 0 aliphatic heterocycles. The van der Waals surface area contributed by atoms with Gasteiger partial charge in [-0.2, -0.15) is 0 Å². The first-order valence-corrected chi connectivity index (χ1v) is 5.71. The maximum absolute atomic E-state index is 10.9. The molecule has 0 heterocycles. The summed E-state index contributed by atoms with van der Waals surface area (Å²) in [5.41, 5.74) is 1.94. The van der Waals surface area contributed by atoms with Gasteiger partial charge in [0.15, 0.2) is 0 Å². The molecule has 2 unspecified atom stereocenters. The minimum Gasteiger partial charge on any atom is -0.481 e. The van der Waals surface area contributed by atoms with E-state index in [1.54, 1.807) is 0 Å². The lowest BCUT2D eigenvalue weighted by Gasteiger charge is -2.35. The second kappa shape index (κ2) is 4.34. The maximum Gasteiger partial charge on any atom is 0.308 e. The molecule has 1 aromatic carbocycles. The van der Waals surface area contributed by atoms with Crippen LogP contribution in [0.1, 0.15) is 18.4 Å². The summed E-state index contributed by atoms with van der Waals surface area (Å²) < 4.78 is 0. The molecule has 1 saturated carbocycles. The number of carboxylic acid groups (broad SMARTS) is 1. The van der Waals surface area contributed by atoms with Crippen LogP contribution in [-0.4, -0.2) is 17.1 Å². The van der Waals surface area contributed by atoms with Crippen LogP contribution >= 0.6 is 11.6 Å². The number of carboxylic acids is 1. The normalized spacial score (nSPS) is 23.6. The molecule has 4 heteroatoms. The van der Waals surface area contributed by atoms with Crippen molar-refractivity contribution in [1.29, 1.82) is 0 Å². The summed E-state index contributed by atoms with van der Waals surface area (Å²) in [4.78, 5) is 10.9. The lowest BCUT2D eigenvalue weighted by Crippen LogP contribution is -2.43. The summed E-state index contributed by atoms with van der Waals surface area (Å²) in [7, 11) is 0. The van der Waals surface area contributed by atoms with Gasteiger partial charge in [0, 0.05) is 6.04 Å².